The fraction of sp³-hybridized carbons (Fsp3) is 0.0488. The summed E-state index contributed by atoms with van der Waals surface area (Å²) in [7, 11) is 0. The van der Waals surface area contributed by atoms with Gasteiger partial charge in [-0.2, -0.15) is 5.10 Å². The smallest absolute Gasteiger partial charge is 0.0679 e. The van der Waals surface area contributed by atoms with Gasteiger partial charge in [0, 0.05) is 16.8 Å². The second-order valence-corrected chi connectivity index (χ2v) is 11.6. The van der Waals surface area contributed by atoms with Crippen LogP contribution in [0.4, 0.5) is 0 Å². The molecule has 9 rings (SSSR count). The molecule has 0 atom stereocenters. The second-order valence-electron chi connectivity index (χ2n) is 11.6. The van der Waals surface area contributed by atoms with Crippen molar-refractivity contribution < 1.29 is 0 Å². The van der Waals surface area contributed by atoms with Crippen molar-refractivity contribution in [3.8, 4) is 27.9 Å². The van der Waals surface area contributed by atoms with Crippen LogP contribution in [-0.4, -0.2) is 9.78 Å². The minimum Gasteiger partial charge on any atom is -0.237 e. The Balaban J connectivity index is 1.42. The van der Waals surface area contributed by atoms with E-state index < -0.39 is 0 Å². The molecule has 0 radical (unpaired) electrons. The molecular weight excluding hydrogens is 520 g/mol. The van der Waals surface area contributed by atoms with Crippen molar-refractivity contribution in [1.29, 1.82) is 0 Å². The van der Waals surface area contributed by atoms with Crippen LogP contribution in [0.25, 0.3) is 81.8 Å². The lowest BCUT2D eigenvalue weighted by Gasteiger charge is -2.20. The number of aromatic nitrogens is 2. The minimum absolute atomic E-state index is 1.03. The molecule has 0 aliphatic rings. The van der Waals surface area contributed by atoms with E-state index >= 15 is 0 Å². The van der Waals surface area contributed by atoms with Crippen LogP contribution in [0.15, 0.2) is 133 Å². The summed E-state index contributed by atoms with van der Waals surface area (Å²) in [5, 5.41) is 17.9. The third-order valence-corrected chi connectivity index (χ3v) is 9.27. The Hall–Kier alpha value is -5.47. The van der Waals surface area contributed by atoms with E-state index in [0.717, 1.165) is 17.1 Å². The van der Waals surface area contributed by atoms with E-state index in [0.29, 0.717) is 0 Å². The fourth-order valence-electron chi connectivity index (χ4n) is 7.47. The Morgan fingerprint density at radius 1 is 0.419 bits per heavy atom. The highest BCUT2D eigenvalue weighted by atomic mass is 15.3. The normalized spacial score (nSPS) is 12.0. The summed E-state index contributed by atoms with van der Waals surface area (Å²) < 4.78 is 2.09. The Morgan fingerprint density at radius 3 is 1.60 bits per heavy atom. The number of rotatable bonds is 3. The minimum atomic E-state index is 1.03. The van der Waals surface area contributed by atoms with Gasteiger partial charge in [-0.1, -0.05) is 121 Å². The molecule has 0 fully saturated rings. The molecule has 0 N–H and O–H groups in total. The lowest BCUT2D eigenvalue weighted by Crippen LogP contribution is -1.98. The van der Waals surface area contributed by atoms with Crippen LogP contribution in [-0.2, 0) is 0 Å². The zero-order valence-electron chi connectivity index (χ0n) is 24.1. The quantitative estimate of drug-likeness (QED) is 0.159. The molecule has 0 unspecified atom stereocenters. The molecule has 202 valence electrons. The van der Waals surface area contributed by atoms with Crippen molar-refractivity contribution >= 4 is 53.9 Å². The number of aryl methyl sites for hydroxylation is 1. The number of nitrogens with zero attached hydrogens (tertiary/aromatic N) is 2. The standard InChI is InChI=1S/C41H28N2/c1-25-37(26(2)43(42-25)30-13-4-3-5-14-30)41-33-17-8-6-15-31(33)40(32-16-7-9-18-34(32)41)36-24-22-29-20-19-27-11-10-12-28-21-23-35(36)39(29)38(27)28/h3-24H,1-2H3. The second kappa shape index (κ2) is 9.01. The van der Waals surface area contributed by atoms with Crippen LogP contribution in [0, 0.1) is 13.8 Å². The van der Waals surface area contributed by atoms with Crippen LogP contribution in [0.3, 0.4) is 0 Å². The molecule has 0 aliphatic heterocycles. The number of hydrogen-bond donors (Lipinski definition) is 0. The average Bonchev–Trinajstić information content (AvgIpc) is 3.35. The van der Waals surface area contributed by atoms with Crippen LogP contribution < -0.4 is 0 Å². The maximum Gasteiger partial charge on any atom is 0.0679 e. The Kier molecular flexibility index (Phi) is 5.06. The number of para-hydroxylation sites is 1. The molecule has 43 heavy (non-hydrogen) atoms. The highest BCUT2D eigenvalue weighted by molar-refractivity contribution is 6.29. The molecule has 1 heterocycles. The first kappa shape index (κ1) is 24.2. The number of fused-ring (bicyclic) bond motifs is 2. The predicted molar refractivity (Wildman–Crippen MR) is 183 cm³/mol. The fourth-order valence-corrected chi connectivity index (χ4v) is 7.47. The first-order valence-corrected chi connectivity index (χ1v) is 14.9. The topological polar surface area (TPSA) is 17.8 Å². The van der Waals surface area contributed by atoms with E-state index in [-0.39, 0.29) is 0 Å². The average molecular weight is 549 g/mol. The third kappa shape index (κ3) is 3.38. The zero-order chi connectivity index (χ0) is 28.7. The van der Waals surface area contributed by atoms with Crippen molar-refractivity contribution in [2.75, 3.05) is 0 Å². The molecule has 2 heteroatoms. The predicted octanol–water partition coefficient (Wildman–Crippen LogP) is 11.0. The van der Waals surface area contributed by atoms with Gasteiger partial charge in [-0.05, 0) is 91.0 Å². The third-order valence-electron chi connectivity index (χ3n) is 9.27. The summed E-state index contributed by atoms with van der Waals surface area (Å²) in [6.45, 7) is 4.33. The van der Waals surface area contributed by atoms with E-state index in [2.05, 4.69) is 152 Å². The molecule has 0 saturated heterocycles. The summed E-state index contributed by atoms with van der Waals surface area (Å²) in [6.07, 6.45) is 0. The van der Waals surface area contributed by atoms with Crippen LogP contribution in [0.2, 0.25) is 0 Å². The van der Waals surface area contributed by atoms with Gasteiger partial charge in [0.1, 0.15) is 0 Å². The number of benzene rings is 8. The molecule has 0 saturated carbocycles. The summed E-state index contributed by atoms with van der Waals surface area (Å²) >= 11 is 0. The van der Waals surface area contributed by atoms with Crippen LogP contribution in [0.1, 0.15) is 11.4 Å². The molecule has 8 aromatic carbocycles. The molecule has 2 nitrogen and oxygen atoms in total. The van der Waals surface area contributed by atoms with E-state index in [1.54, 1.807) is 0 Å². The SMILES string of the molecule is Cc1nn(-c2ccccc2)c(C)c1-c1c2ccccc2c(-c2ccc3ccc4cccc5ccc2c3c45)c2ccccc12. The van der Waals surface area contributed by atoms with E-state index in [1.165, 1.54) is 76.1 Å². The van der Waals surface area contributed by atoms with Crippen molar-refractivity contribution in [1.82, 2.24) is 9.78 Å². The molecule has 0 bridgehead atoms. The van der Waals surface area contributed by atoms with Crippen molar-refractivity contribution in [2.45, 2.75) is 13.8 Å². The maximum absolute atomic E-state index is 5.06. The van der Waals surface area contributed by atoms with Gasteiger partial charge in [0.2, 0.25) is 0 Å². The van der Waals surface area contributed by atoms with Gasteiger partial charge in [0.15, 0.2) is 0 Å². The van der Waals surface area contributed by atoms with Gasteiger partial charge >= 0.3 is 0 Å². The number of hydrogen-bond acceptors (Lipinski definition) is 1. The summed E-state index contributed by atoms with van der Waals surface area (Å²) in [5.41, 5.74) is 8.29. The van der Waals surface area contributed by atoms with Crippen molar-refractivity contribution in [3.63, 3.8) is 0 Å². The largest absolute Gasteiger partial charge is 0.237 e. The monoisotopic (exact) mass is 548 g/mol. The highest BCUT2D eigenvalue weighted by Crippen LogP contribution is 2.48. The summed E-state index contributed by atoms with van der Waals surface area (Å²) in [6, 6.07) is 48.7. The van der Waals surface area contributed by atoms with Gasteiger partial charge in [-0.15, -0.1) is 0 Å². The highest BCUT2D eigenvalue weighted by Gasteiger charge is 2.23. The van der Waals surface area contributed by atoms with Crippen molar-refractivity contribution in [3.05, 3.63) is 145 Å². The Bertz CT molecular complexity index is 2440. The lowest BCUT2D eigenvalue weighted by molar-refractivity contribution is 0.834. The van der Waals surface area contributed by atoms with E-state index in [9.17, 15) is 0 Å². The Morgan fingerprint density at radius 2 is 0.953 bits per heavy atom. The Labute approximate surface area is 249 Å². The molecular formula is C41H28N2. The molecule has 1 aromatic heterocycles. The zero-order valence-corrected chi connectivity index (χ0v) is 24.1. The van der Waals surface area contributed by atoms with Gasteiger partial charge in [0.05, 0.1) is 11.4 Å². The van der Waals surface area contributed by atoms with E-state index in [4.69, 9.17) is 5.10 Å². The first-order chi connectivity index (χ1) is 21.2. The maximum atomic E-state index is 5.06. The van der Waals surface area contributed by atoms with Gasteiger partial charge < -0.3 is 0 Å². The van der Waals surface area contributed by atoms with Gasteiger partial charge in [-0.3, -0.25) is 0 Å². The van der Waals surface area contributed by atoms with Crippen LogP contribution >= 0.6 is 0 Å². The van der Waals surface area contributed by atoms with Crippen molar-refractivity contribution in [2.24, 2.45) is 0 Å². The molecule has 9 aromatic rings. The summed E-state index contributed by atoms with van der Waals surface area (Å²) in [5.74, 6) is 0. The van der Waals surface area contributed by atoms with Crippen LogP contribution in [0.5, 0.6) is 0 Å². The first-order valence-electron chi connectivity index (χ1n) is 14.9. The molecule has 0 amide bonds. The van der Waals surface area contributed by atoms with Gasteiger partial charge in [-0.25, -0.2) is 4.68 Å². The molecule has 0 aliphatic carbocycles. The van der Waals surface area contributed by atoms with E-state index in [1.807, 2.05) is 0 Å². The van der Waals surface area contributed by atoms with Gasteiger partial charge in [0.25, 0.3) is 0 Å². The molecule has 0 spiro atoms. The lowest BCUT2D eigenvalue weighted by atomic mass is 9.83. The summed E-state index contributed by atoms with van der Waals surface area (Å²) in [4.78, 5) is 0.